The maximum atomic E-state index is 13.2. The highest BCUT2D eigenvalue weighted by Crippen LogP contribution is 2.39. The summed E-state index contributed by atoms with van der Waals surface area (Å²) in [6.07, 6.45) is -3.27. The van der Waals surface area contributed by atoms with Gasteiger partial charge in [-0.15, -0.1) is 0 Å². The van der Waals surface area contributed by atoms with Gasteiger partial charge in [0, 0.05) is 25.4 Å². The van der Waals surface area contributed by atoms with Crippen LogP contribution in [-0.4, -0.2) is 33.2 Å². The minimum atomic E-state index is -4.69. The number of primary sulfonamides is 1. The van der Waals surface area contributed by atoms with E-state index in [9.17, 15) is 26.7 Å². The summed E-state index contributed by atoms with van der Waals surface area (Å²) in [6, 6.07) is 2.76. The number of rotatable bonds is 3. The van der Waals surface area contributed by atoms with Gasteiger partial charge in [-0.25, -0.2) is 13.6 Å². The average Bonchev–Trinajstić information content (AvgIpc) is 2.45. The Kier molecular flexibility index (Phi) is 4.69. The van der Waals surface area contributed by atoms with Crippen molar-refractivity contribution in [3.8, 4) is 0 Å². The van der Waals surface area contributed by atoms with Crippen LogP contribution in [0.15, 0.2) is 23.1 Å². The maximum absolute atomic E-state index is 13.2. The fraction of sp³-hybridized carbons (Fsp3) is 0.538. The number of aliphatic hydroxyl groups excluding tert-OH is 1. The molecule has 1 aliphatic rings. The Hall–Kier alpha value is -1.32. The van der Waals surface area contributed by atoms with Crippen LogP contribution in [0.3, 0.4) is 0 Å². The highest BCUT2D eigenvalue weighted by atomic mass is 32.2. The number of halogens is 3. The number of aliphatic hydroxyl groups is 1. The molecule has 1 fully saturated rings. The van der Waals surface area contributed by atoms with Crippen molar-refractivity contribution in [3.63, 3.8) is 0 Å². The average molecular weight is 338 g/mol. The number of benzene rings is 1. The Labute approximate surface area is 126 Å². The summed E-state index contributed by atoms with van der Waals surface area (Å²) in [5, 5.41) is 14.1. The minimum Gasteiger partial charge on any atom is -0.396 e. The topological polar surface area (TPSA) is 83.6 Å². The van der Waals surface area contributed by atoms with E-state index >= 15 is 0 Å². The van der Waals surface area contributed by atoms with Crippen molar-refractivity contribution >= 4 is 15.7 Å². The number of alkyl halides is 3. The summed E-state index contributed by atoms with van der Waals surface area (Å²) in [4.78, 5) is 0.958. The SMILES string of the molecule is NS(=O)(=O)c1ccc(N2CCC[C@@H](CO)C2)c(C(F)(F)F)c1. The Morgan fingerprint density at radius 1 is 1.36 bits per heavy atom. The molecule has 0 spiro atoms. The summed E-state index contributed by atoms with van der Waals surface area (Å²) in [6.45, 7) is 0.635. The number of nitrogens with zero attached hydrogens (tertiary/aromatic N) is 1. The van der Waals surface area contributed by atoms with Gasteiger partial charge in [-0.05, 0) is 37.0 Å². The Bertz CT molecular complexity index is 646. The van der Waals surface area contributed by atoms with E-state index in [1.807, 2.05) is 0 Å². The predicted octanol–water partition coefficient (Wildman–Crippen LogP) is 1.56. The van der Waals surface area contributed by atoms with Gasteiger partial charge in [0.2, 0.25) is 10.0 Å². The standard InChI is InChI=1S/C13H17F3N2O3S/c14-13(15,16)11-6-10(22(17,20)21)3-4-12(11)18-5-1-2-9(7-18)8-19/h3-4,6,9,19H,1-2,5,7-8H2,(H2,17,20,21)/t9-/m1/s1. The molecule has 0 radical (unpaired) electrons. The van der Waals surface area contributed by atoms with Crippen molar-refractivity contribution in [2.24, 2.45) is 11.1 Å². The van der Waals surface area contributed by atoms with Crippen LogP contribution in [0.2, 0.25) is 0 Å². The van der Waals surface area contributed by atoms with Gasteiger partial charge in [0.05, 0.1) is 10.5 Å². The smallest absolute Gasteiger partial charge is 0.396 e. The number of sulfonamides is 1. The van der Waals surface area contributed by atoms with E-state index in [2.05, 4.69) is 0 Å². The normalized spacial score (nSPS) is 20.2. The van der Waals surface area contributed by atoms with Crippen LogP contribution >= 0.6 is 0 Å². The Morgan fingerprint density at radius 3 is 2.59 bits per heavy atom. The molecule has 3 N–H and O–H groups in total. The summed E-state index contributed by atoms with van der Waals surface area (Å²) in [5.41, 5.74) is -1.12. The predicted molar refractivity (Wildman–Crippen MR) is 74.8 cm³/mol. The molecule has 0 saturated carbocycles. The molecule has 1 aliphatic heterocycles. The van der Waals surface area contributed by atoms with Gasteiger partial charge in [-0.3, -0.25) is 0 Å². The lowest BCUT2D eigenvalue weighted by Crippen LogP contribution is -2.38. The molecule has 1 atom stereocenters. The lowest BCUT2D eigenvalue weighted by atomic mass is 9.97. The number of piperidine rings is 1. The lowest BCUT2D eigenvalue weighted by molar-refractivity contribution is -0.137. The van der Waals surface area contributed by atoms with E-state index < -0.39 is 26.7 Å². The number of anilines is 1. The van der Waals surface area contributed by atoms with Crippen molar-refractivity contribution in [1.82, 2.24) is 0 Å². The molecule has 1 saturated heterocycles. The number of hydrogen-bond acceptors (Lipinski definition) is 4. The van der Waals surface area contributed by atoms with E-state index in [1.54, 1.807) is 0 Å². The van der Waals surface area contributed by atoms with Crippen LogP contribution in [0.25, 0.3) is 0 Å². The molecule has 0 aromatic heterocycles. The third-order valence-corrected chi connectivity index (χ3v) is 4.63. The zero-order valence-electron chi connectivity index (χ0n) is 11.7. The van der Waals surface area contributed by atoms with Gasteiger partial charge in [-0.1, -0.05) is 0 Å². The molecular formula is C13H17F3N2O3S. The van der Waals surface area contributed by atoms with Crippen molar-refractivity contribution in [3.05, 3.63) is 23.8 Å². The second-order valence-electron chi connectivity index (χ2n) is 5.36. The Balaban J connectivity index is 2.47. The molecule has 1 aromatic rings. The maximum Gasteiger partial charge on any atom is 0.418 e. The molecular weight excluding hydrogens is 321 g/mol. The van der Waals surface area contributed by atoms with E-state index in [-0.39, 0.29) is 18.2 Å². The first-order valence-electron chi connectivity index (χ1n) is 6.73. The first-order valence-corrected chi connectivity index (χ1v) is 8.27. The zero-order valence-corrected chi connectivity index (χ0v) is 12.5. The van der Waals surface area contributed by atoms with Gasteiger partial charge < -0.3 is 10.0 Å². The molecule has 5 nitrogen and oxygen atoms in total. The third kappa shape index (κ3) is 3.71. The molecule has 0 unspecified atom stereocenters. The third-order valence-electron chi connectivity index (χ3n) is 3.72. The second-order valence-corrected chi connectivity index (χ2v) is 6.92. The monoisotopic (exact) mass is 338 g/mol. The minimum absolute atomic E-state index is 0.0851. The molecule has 124 valence electrons. The van der Waals surface area contributed by atoms with E-state index in [1.165, 1.54) is 4.90 Å². The number of nitrogens with two attached hydrogens (primary N) is 1. The van der Waals surface area contributed by atoms with Crippen molar-refractivity contribution < 1.29 is 26.7 Å². The van der Waals surface area contributed by atoms with E-state index in [0.29, 0.717) is 25.6 Å². The first-order chi connectivity index (χ1) is 10.1. The van der Waals surface area contributed by atoms with Crippen LogP contribution < -0.4 is 10.0 Å². The van der Waals surface area contributed by atoms with Crippen molar-refractivity contribution in [2.75, 3.05) is 24.6 Å². The molecule has 22 heavy (non-hydrogen) atoms. The van der Waals surface area contributed by atoms with Crippen LogP contribution in [-0.2, 0) is 16.2 Å². The summed E-state index contributed by atoms with van der Waals surface area (Å²) in [7, 11) is -4.21. The van der Waals surface area contributed by atoms with Gasteiger partial charge >= 0.3 is 6.18 Å². The quantitative estimate of drug-likeness (QED) is 0.876. The van der Waals surface area contributed by atoms with Gasteiger partial charge in [0.25, 0.3) is 0 Å². The van der Waals surface area contributed by atoms with Crippen LogP contribution in [0.5, 0.6) is 0 Å². The largest absolute Gasteiger partial charge is 0.418 e. The van der Waals surface area contributed by atoms with Gasteiger partial charge in [-0.2, -0.15) is 13.2 Å². The summed E-state index contributed by atoms with van der Waals surface area (Å²) < 4.78 is 62.2. The van der Waals surface area contributed by atoms with E-state index in [0.717, 1.165) is 18.6 Å². The molecule has 1 heterocycles. The van der Waals surface area contributed by atoms with Crippen LogP contribution in [0, 0.1) is 5.92 Å². The second kappa shape index (κ2) is 6.05. The van der Waals surface area contributed by atoms with Gasteiger partial charge in [0.1, 0.15) is 0 Å². The summed E-state index contributed by atoms with van der Waals surface area (Å²) >= 11 is 0. The van der Waals surface area contributed by atoms with Crippen molar-refractivity contribution in [1.29, 1.82) is 0 Å². The molecule has 0 amide bonds. The fourth-order valence-corrected chi connectivity index (χ4v) is 3.17. The van der Waals surface area contributed by atoms with Gasteiger partial charge in [0.15, 0.2) is 0 Å². The molecule has 0 bridgehead atoms. The first kappa shape index (κ1) is 17.0. The highest BCUT2D eigenvalue weighted by Gasteiger charge is 2.36. The Morgan fingerprint density at radius 2 is 2.05 bits per heavy atom. The van der Waals surface area contributed by atoms with Crippen molar-refractivity contribution in [2.45, 2.75) is 23.9 Å². The molecule has 0 aliphatic carbocycles. The highest BCUT2D eigenvalue weighted by molar-refractivity contribution is 7.89. The fourth-order valence-electron chi connectivity index (χ4n) is 2.63. The molecule has 9 heteroatoms. The number of hydrogen-bond donors (Lipinski definition) is 2. The van der Waals surface area contributed by atoms with E-state index in [4.69, 9.17) is 5.14 Å². The summed E-state index contributed by atoms with van der Waals surface area (Å²) in [5.74, 6) is -0.0900. The van der Waals surface area contributed by atoms with Crippen LogP contribution in [0.4, 0.5) is 18.9 Å². The molecule has 1 aromatic carbocycles. The van der Waals surface area contributed by atoms with Crippen LogP contribution in [0.1, 0.15) is 18.4 Å². The zero-order chi connectivity index (χ0) is 16.5. The lowest BCUT2D eigenvalue weighted by Gasteiger charge is -2.35. The molecule has 2 rings (SSSR count).